The van der Waals surface area contributed by atoms with Crippen molar-refractivity contribution in [3.05, 3.63) is 35.6 Å². The van der Waals surface area contributed by atoms with Gasteiger partial charge in [-0.1, -0.05) is 26.0 Å². The van der Waals surface area contributed by atoms with Gasteiger partial charge in [0, 0.05) is 6.04 Å². The number of hydrogen-bond donors (Lipinski definition) is 1. The summed E-state index contributed by atoms with van der Waals surface area (Å²) in [6.45, 7) is 5.41. The van der Waals surface area contributed by atoms with E-state index in [9.17, 15) is 4.39 Å². The number of rotatable bonds is 4. The average molecular weight is 207 g/mol. The summed E-state index contributed by atoms with van der Waals surface area (Å²) in [6, 6.07) is 7.49. The molecule has 0 radical (unpaired) electrons. The minimum Gasteiger partial charge on any atom is -0.314 e. The molecule has 1 aliphatic rings. The number of halogens is 1. The van der Waals surface area contributed by atoms with Gasteiger partial charge in [-0.3, -0.25) is 0 Å². The third-order valence-electron chi connectivity index (χ3n) is 3.01. The zero-order valence-electron chi connectivity index (χ0n) is 9.33. The molecule has 0 saturated heterocycles. The van der Waals surface area contributed by atoms with Crippen LogP contribution in [0, 0.1) is 11.7 Å². The molecule has 0 amide bonds. The number of benzene rings is 1. The van der Waals surface area contributed by atoms with E-state index in [1.807, 2.05) is 12.1 Å². The van der Waals surface area contributed by atoms with Crippen LogP contribution in [0.2, 0.25) is 0 Å². The molecule has 1 nitrogen and oxygen atoms in total. The molecule has 1 aliphatic carbocycles. The fraction of sp³-hybridized carbons (Fsp3) is 0.538. The first-order valence-electron chi connectivity index (χ1n) is 5.65. The fourth-order valence-corrected chi connectivity index (χ4v) is 1.98. The molecular weight excluding hydrogens is 189 g/mol. The lowest BCUT2D eigenvalue weighted by atomic mass is 10.1. The second-order valence-electron chi connectivity index (χ2n) is 4.72. The SMILES string of the molecule is CC(C)NCC1C[C@@H]1c1ccc(F)cc1. The van der Waals surface area contributed by atoms with Gasteiger partial charge in [0.1, 0.15) is 5.82 Å². The van der Waals surface area contributed by atoms with Crippen molar-refractivity contribution in [1.29, 1.82) is 0 Å². The van der Waals surface area contributed by atoms with Crippen LogP contribution < -0.4 is 5.32 Å². The van der Waals surface area contributed by atoms with Crippen LogP contribution in [0.5, 0.6) is 0 Å². The molecule has 82 valence electrons. The Morgan fingerprint density at radius 3 is 2.60 bits per heavy atom. The Labute approximate surface area is 90.7 Å². The lowest BCUT2D eigenvalue weighted by Crippen LogP contribution is -2.25. The van der Waals surface area contributed by atoms with Gasteiger partial charge in [-0.2, -0.15) is 0 Å². The maximum Gasteiger partial charge on any atom is 0.123 e. The molecule has 2 atom stereocenters. The summed E-state index contributed by atoms with van der Waals surface area (Å²) in [5.74, 6) is 1.26. The van der Waals surface area contributed by atoms with Crippen molar-refractivity contribution in [3.63, 3.8) is 0 Å². The van der Waals surface area contributed by atoms with E-state index in [4.69, 9.17) is 0 Å². The summed E-state index contributed by atoms with van der Waals surface area (Å²) in [5, 5.41) is 3.44. The van der Waals surface area contributed by atoms with E-state index in [1.54, 1.807) is 12.1 Å². The molecule has 1 saturated carbocycles. The lowest BCUT2D eigenvalue weighted by molar-refractivity contribution is 0.554. The van der Waals surface area contributed by atoms with Crippen LogP contribution >= 0.6 is 0 Å². The van der Waals surface area contributed by atoms with E-state index in [1.165, 1.54) is 12.0 Å². The summed E-state index contributed by atoms with van der Waals surface area (Å²) in [5.41, 5.74) is 1.28. The van der Waals surface area contributed by atoms with Crippen molar-refractivity contribution >= 4 is 0 Å². The second-order valence-corrected chi connectivity index (χ2v) is 4.72. The minimum absolute atomic E-state index is 0.142. The first-order valence-corrected chi connectivity index (χ1v) is 5.65. The molecule has 1 unspecified atom stereocenters. The molecule has 2 rings (SSSR count). The van der Waals surface area contributed by atoms with Gasteiger partial charge in [-0.25, -0.2) is 4.39 Å². The van der Waals surface area contributed by atoms with Crippen molar-refractivity contribution in [2.45, 2.75) is 32.2 Å². The number of nitrogens with one attached hydrogen (secondary N) is 1. The second kappa shape index (κ2) is 4.31. The van der Waals surface area contributed by atoms with Crippen molar-refractivity contribution in [2.24, 2.45) is 5.92 Å². The quantitative estimate of drug-likeness (QED) is 0.800. The first kappa shape index (κ1) is 10.6. The van der Waals surface area contributed by atoms with Crippen LogP contribution in [0.1, 0.15) is 31.7 Å². The van der Waals surface area contributed by atoms with Crippen molar-refractivity contribution in [3.8, 4) is 0 Å². The highest BCUT2D eigenvalue weighted by molar-refractivity contribution is 5.26. The monoisotopic (exact) mass is 207 g/mol. The molecule has 0 spiro atoms. The molecule has 1 aromatic carbocycles. The predicted octanol–water partition coefficient (Wildman–Crippen LogP) is 2.93. The van der Waals surface area contributed by atoms with Crippen LogP contribution in [-0.4, -0.2) is 12.6 Å². The van der Waals surface area contributed by atoms with Gasteiger partial charge < -0.3 is 5.32 Å². The van der Waals surface area contributed by atoms with Crippen LogP contribution in [0.4, 0.5) is 4.39 Å². The topological polar surface area (TPSA) is 12.0 Å². The number of hydrogen-bond acceptors (Lipinski definition) is 1. The Morgan fingerprint density at radius 1 is 1.33 bits per heavy atom. The molecule has 0 heterocycles. The van der Waals surface area contributed by atoms with E-state index in [2.05, 4.69) is 19.2 Å². The van der Waals surface area contributed by atoms with E-state index in [0.29, 0.717) is 12.0 Å². The van der Waals surface area contributed by atoms with E-state index in [0.717, 1.165) is 12.5 Å². The van der Waals surface area contributed by atoms with E-state index >= 15 is 0 Å². The standard InChI is InChI=1S/C13H18FN/c1-9(2)15-8-11-7-13(11)10-3-5-12(14)6-4-10/h3-6,9,11,13,15H,7-8H2,1-2H3/t11?,13-/m1/s1. The molecular formula is C13H18FN. The maximum atomic E-state index is 12.7. The Hall–Kier alpha value is -0.890. The molecule has 2 heteroatoms. The third kappa shape index (κ3) is 2.78. The largest absolute Gasteiger partial charge is 0.314 e. The van der Waals surface area contributed by atoms with Crippen LogP contribution in [-0.2, 0) is 0 Å². The van der Waals surface area contributed by atoms with Gasteiger partial charge in [-0.15, -0.1) is 0 Å². The Bertz CT molecular complexity index is 318. The Kier molecular flexibility index (Phi) is 3.06. The van der Waals surface area contributed by atoms with Gasteiger partial charge in [0.25, 0.3) is 0 Å². The molecule has 0 bridgehead atoms. The van der Waals surface area contributed by atoms with Gasteiger partial charge in [0.05, 0.1) is 0 Å². The van der Waals surface area contributed by atoms with Crippen LogP contribution in [0.3, 0.4) is 0 Å². The Morgan fingerprint density at radius 2 is 2.00 bits per heavy atom. The molecule has 1 fully saturated rings. The Balaban J connectivity index is 1.85. The summed E-state index contributed by atoms with van der Waals surface area (Å²) < 4.78 is 12.7. The zero-order valence-corrected chi connectivity index (χ0v) is 9.33. The van der Waals surface area contributed by atoms with Crippen LogP contribution in [0.15, 0.2) is 24.3 Å². The lowest BCUT2D eigenvalue weighted by Gasteiger charge is -2.07. The summed E-state index contributed by atoms with van der Waals surface area (Å²) in [6.07, 6.45) is 1.24. The highest BCUT2D eigenvalue weighted by Gasteiger charge is 2.37. The summed E-state index contributed by atoms with van der Waals surface area (Å²) in [7, 11) is 0. The molecule has 0 aromatic heterocycles. The van der Waals surface area contributed by atoms with Crippen molar-refractivity contribution in [1.82, 2.24) is 5.32 Å². The van der Waals surface area contributed by atoms with Gasteiger partial charge in [0.2, 0.25) is 0 Å². The van der Waals surface area contributed by atoms with Gasteiger partial charge in [-0.05, 0) is 42.5 Å². The smallest absolute Gasteiger partial charge is 0.123 e. The van der Waals surface area contributed by atoms with E-state index < -0.39 is 0 Å². The normalized spacial score (nSPS) is 24.5. The average Bonchev–Trinajstić information content (AvgIpc) is 2.95. The highest BCUT2D eigenvalue weighted by Crippen LogP contribution is 2.46. The first-order chi connectivity index (χ1) is 7.16. The molecule has 1 N–H and O–H groups in total. The van der Waals surface area contributed by atoms with Crippen molar-refractivity contribution in [2.75, 3.05) is 6.54 Å². The van der Waals surface area contributed by atoms with Crippen LogP contribution in [0.25, 0.3) is 0 Å². The van der Waals surface area contributed by atoms with Gasteiger partial charge in [0.15, 0.2) is 0 Å². The molecule has 0 aliphatic heterocycles. The summed E-state index contributed by atoms with van der Waals surface area (Å²) >= 11 is 0. The summed E-state index contributed by atoms with van der Waals surface area (Å²) in [4.78, 5) is 0. The minimum atomic E-state index is -0.142. The molecule has 15 heavy (non-hydrogen) atoms. The fourth-order valence-electron chi connectivity index (χ4n) is 1.98. The van der Waals surface area contributed by atoms with Gasteiger partial charge >= 0.3 is 0 Å². The van der Waals surface area contributed by atoms with E-state index in [-0.39, 0.29) is 5.82 Å². The third-order valence-corrected chi connectivity index (χ3v) is 3.01. The maximum absolute atomic E-state index is 12.7. The predicted molar refractivity (Wildman–Crippen MR) is 60.4 cm³/mol. The zero-order chi connectivity index (χ0) is 10.8. The molecule has 1 aromatic rings. The van der Waals surface area contributed by atoms with Crippen molar-refractivity contribution < 1.29 is 4.39 Å². The highest BCUT2D eigenvalue weighted by atomic mass is 19.1.